The van der Waals surface area contributed by atoms with Crippen LogP contribution in [-0.4, -0.2) is 27.9 Å². The Labute approximate surface area is 100 Å². The summed E-state index contributed by atoms with van der Waals surface area (Å²) in [5.74, 6) is 0. The van der Waals surface area contributed by atoms with Gasteiger partial charge in [0.05, 0.1) is 0 Å². The van der Waals surface area contributed by atoms with E-state index in [4.69, 9.17) is 5.21 Å². The number of hydrogen-bond donors (Lipinski definition) is 1. The summed E-state index contributed by atoms with van der Waals surface area (Å²) in [5, 5.41) is 24.1. The smallest absolute Gasteiger partial charge is 0.204 e. The van der Waals surface area contributed by atoms with E-state index in [1.807, 2.05) is 30.3 Å². The molecule has 90 valence electrons. The lowest BCUT2D eigenvalue weighted by atomic mass is 9.93. The van der Waals surface area contributed by atoms with Gasteiger partial charge in [0, 0.05) is 12.0 Å². The summed E-state index contributed by atoms with van der Waals surface area (Å²) in [4.78, 5) is 0. The van der Waals surface area contributed by atoms with E-state index >= 15 is 0 Å². The molecular formula is C13H16N2O2. The van der Waals surface area contributed by atoms with Gasteiger partial charge in [-0.2, -0.15) is 0 Å². The minimum Gasteiger partial charge on any atom is -0.623 e. The SMILES string of the molecule is [O-]/[N+](=C\c1ccccc1)C1CCCC/C1=N\O. The highest BCUT2D eigenvalue weighted by Crippen LogP contribution is 2.18. The first-order chi connectivity index (χ1) is 8.31. The molecule has 1 aromatic rings. The van der Waals surface area contributed by atoms with Crippen LogP contribution >= 0.6 is 0 Å². The fourth-order valence-electron chi connectivity index (χ4n) is 2.14. The van der Waals surface area contributed by atoms with Gasteiger partial charge in [-0.15, -0.1) is 0 Å². The Kier molecular flexibility index (Phi) is 3.75. The molecule has 0 amide bonds. The molecule has 0 heterocycles. The molecule has 1 aromatic carbocycles. The average molecular weight is 232 g/mol. The Balaban J connectivity index is 2.18. The third-order valence-corrected chi connectivity index (χ3v) is 3.06. The molecule has 0 radical (unpaired) electrons. The Morgan fingerprint density at radius 2 is 2.06 bits per heavy atom. The Morgan fingerprint density at radius 3 is 2.76 bits per heavy atom. The van der Waals surface area contributed by atoms with Crippen molar-refractivity contribution in [2.24, 2.45) is 5.16 Å². The van der Waals surface area contributed by atoms with Gasteiger partial charge in [-0.1, -0.05) is 23.4 Å². The maximum atomic E-state index is 12.0. The second-order valence-corrected chi connectivity index (χ2v) is 4.25. The van der Waals surface area contributed by atoms with Crippen LogP contribution in [0, 0.1) is 5.21 Å². The molecule has 0 aromatic heterocycles. The van der Waals surface area contributed by atoms with Crippen molar-refractivity contribution in [3.63, 3.8) is 0 Å². The molecule has 0 spiro atoms. The number of oxime groups is 1. The fourth-order valence-corrected chi connectivity index (χ4v) is 2.14. The van der Waals surface area contributed by atoms with Gasteiger partial charge in [0.15, 0.2) is 6.21 Å². The molecule has 4 nitrogen and oxygen atoms in total. The van der Waals surface area contributed by atoms with Crippen LogP contribution in [-0.2, 0) is 0 Å². The summed E-state index contributed by atoms with van der Waals surface area (Å²) in [6, 6.07) is 9.14. The Morgan fingerprint density at radius 1 is 1.29 bits per heavy atom. The molecule has 1 N–H and O–H groups in total. The Bertz CT molecular complexity index is 426. The monoisotopic (exact) mass is 232 g/mol. The summed E-state index contributed by atoms with van der Waals surface area (Å²) in [6.45, 7) is 0. The molecule has 1 aliphatic carbocycles. The molecule has 1 unspecified atom stereocenters. The molecule has 1 fully saturated rings. The van der Waals surface area contributed by atoms with Crippen molar-refractivity contribution in [2.75, 3.05) is 0 Å². The minimum atomic E-state index is -0.311. The van der Waals surface area contributed by atoms with E-state index in [9.17, 15) is 5.21 Å². The van der Waals surface area contributed by atoms with Crippen LogP contribution in [0.1, 0.15) is 31.2 Å². The maximum Gasteiger partial charge on any atom is 0.204 e. The van der Waals surface area contributed by atoms with Crippen molar-refractivity contribution < 1.29 is 9.95 Å². The van der Waals surface area contributed by atoms with Crippen molar-refractivity contribution in [3.8, 4) is 0 Å². The maximum absolute atomic E-state index is 12.0. The summed E-state index contributed by atoms with van der Waals surface area (Å²) in [7, 11) is 0. The van der Waals surface area contributed by atoms with Crippen LogP contribution in [0.4, 0.5) is 0 Å². The van der Waals surface area contributed by atoms with Crippen molar-refractivity contribution >= 4 is 11.9 Å². The van der Waals surface area contributed by atoms with Crippen LogP contribution in [0.15, 0.2) is 35.5 Å². The Hall–Kier alpha value is -1.84. The number of hydrogen-bond acceptors (Lipinski definition) is 3. The largest absolute Gasteiger partial charge is 0.623 e. The minimum absolute atomic E-state index is 0.311. The van der Waals surface area contributed by atoms with Gasteiger partial charge in [0.1, 0.15) is 5.71 Å². The van der Waals surface area contributed by atoms with Crippen LogP contribution in [0.25, 0.3) is 0 Å². The number of rotatable bonds is 2. The van der Waals surface area contributed by atoms with E-state index < -0.39 is 0 Å². The van der Waals surface area contributed by atoms with Crippen molar-refractivity contribution in [1.29, 1.82) is 0 Å². The molecular weight excluding hydrogens is 216 g/mol. The number of nitrogens with zero attached hydrogens (tertiary/aromatic N) is 2. The standard InChI is InChI=1S/C13H16N2O2/c16-14-12-8-4-5-9-13(12)15(17)10-11-6-2-1-3-7-11/h1-3,6-7,10,13,16H,4-5,8-9H2/b14-12+,15-10-. The highest BCUT2D eigenvalue weighted by molar-refractivity contribution is 5.89. The first kappa shape index (κ1) is 11.6. The average Bonchev–Trinajstić information content (AvgIpc) is 2.40. The van der Waals surface area contributed by atoms with Gasteiger partial charge >= 0.3 is 0 Å². The quantitative estimate of drug-likeness (QED) is 0.280. The van der Waals surface area contributed by atoms with E-state index in [-0.39, 0.29) is 6.04 Å². The van der Waals surface area contributed by atoms with Gasteiger partial charge in [0.2, 0.25) is 6.04 Å². The first-order valence-electron chi connectivity index (χ1n) is 5.87. The van der Waals surface area contributed by atoms with E-state index in [2.05, 4.69) is 5.16 Å². The number of benzene rings is 1. The van der Waals surface area contributed by atoms with Gasteiger partial charge in [-0.05, 0) is 31.4 Å². The molecule has 1 atom stereocenters. The fraction of sp³-hybridized carbons (Fsp3) is 0.385. The molecule has 4 heteroatoms. The predicted molar refractivity (Wildman–Crippen MR) is 66.7 cm³/mol. The van der Waals surface area contributed by atoms with Crippen LogP contribution < -0.4 is 0 Å². The third kappa shape index (κ3) is 2.84. The van der Waals surface area contributed by atoms with Crippen LogP contribution in [0.5, 0.6) is 0 Å². The van der Waals surface area contributed by atoms with Crippen molar-refractivity contribution in [3.05, 3.63) is 41.1 Å². The first-order valence-corrected chi connectivity index (χ1v) is 5.87. The van der Waals surface area contributed by atoms with Gasteiger partial charge in [-0.25, -0.2) is 4.74 Å². The number of hydroxylamine groups is 1. The lowest BCUT2D eigenvalue weighted by Crippen LogP contribution is -2.34. The molecule has 17 heavy (non-hydrogen) atoms. The van der Waals surface area contributed by atoms with Crippen LogP contribution in [0.3, 0.4) is 0 Å². The summed E-state index contributed by atoms with van der Waals surface area (Å²) >= 11 is 0. The van der Waals surface area contributed by atoms with E-state index in [0.29, 0.717) is 12.1 Å². The van der Waals surface area contributed by atoms with Crippen molar-refractivity contribution in [2.45, 2.75) is 31.7 Å². The summed E-state index contributed by atoms with van der Waals surface area (Å²) in [5.41, 5.74) is 1.46. The zero-order valence-corrected chi connectivity index (χ0v) is 9.62. The normalized spacial score (nSPS) is 23.9. The molecule has 1 aliphatic rings. The highest BCUT2D eigenvalue weighted by atomic mass is 16.5. The lowest BCUT2D eigenvalue weighted by Gasteiger charge is -2.21. The second-order valence-electron chi connectivity index (χ2n) is 4.25. The molecule has 1 saturated carbocycles. The van der Waals surface area contributed by atoms with E-state index in [1.165, 1.54) is 0 Å². The van der Waals surface area contributed by atoms with E-state index in [1.54, 1.807) is 6.21 Å². The summed E-state index contributed by atoms with van der Waals surface area (Å²) < 4.78 is 0.906. The molecule has 0 bridgehead atoms. The zero-order chi connectivity index (χ0) is 12.1. The lowest BCUT2D eigenvalue weighted by molar-refractivity contribution is -0.478. The van der Waals surface area contributed by atoms with Gasteiger partial charge in [0.25, 0.3) is 0 Å². The van der Waals surface area contributed by atoms with Crippen molar-refractivity contribution in [1.82, 2.24) is 0 Å². The molecule has 0 aliphatic heterocycles. The summed E-state index contributed by atoms with van der Waals surface area (Å²) in [6.07, 6.45) is 5.02. The van der Waals surface area contributed by atoms with Gasteiger partial charge < -0.3 is 10.4 Å². The third-order valence-electron chi connectivity index (χ3n) is 3.06. The second kappa shape index (κ2) is 5.48. The molecule has 0 saturated heterocycles. The predicted octanol–water partition coefficient (Wildman–Crippen LogP) is 2.39. The topological polar surface area (TPSA) is 58.7 Å². The zero-order valence-electron chi connectivity index (χ0n) is 9.62. The molecule has 2 rings (SSSR count). The van der Waals surface area contributed by atoms with Crippen LogP contribution in [0.2, 0.25) is 0 Å². The van der Waals surface area contributed by atoms with Gasteiger partial charge in [-0.3, -0.25) is 0 Å². The van der Waals surface area contributed by atoms with E-state index in [0.717, 1.165) is 29.6 Å². The highest BCUT2D eigenvalue weighted by Gasteiger charge is 2.27.